The van der Waals surface area contributed by atoms with Crippen LogP contribution in [0, 0.1) is 18.3 Å². The van der Waals surface area contributed by atoms with E-state index < -0.39 is 0 Å². The first kappa shape index (κ1) is 10.8. The molecule has 1 unspecified atom stereocenters. The van der Waals surface area contributed by atoms with E-state index in [-0.39, 0.29) is 6.10 Å². The van der Waals surface area contributed by atoms with Crippen LogP contribution < -0.4 is 4.74 Å². The topological polar surface area (TPSA) is 33.0 Å². The number of benzene rings is 1. The van der Waals surface area contributed by atoms with Crippen LogP contribution >= 0.6 is 0 Å². The fourth-order valence-electron chi connectivity index (χ4n) is 1.84. The SMILES string of the molecule is Cc1ccc(C#N)cc1OC1C=CCCC1. The van der Waals surface area contributed by atoms with E-state index >= 15 is 0 Å². The van der Waals surface area contributed by atoms with Crippen LogP contribution in [-0.2, 0) is 0 Å². The quantitative estimate of drug-likeness (QED) is 0.706. The van der Waals surface area contributed by atoms with Gasteiger partial charge in [-0.15, -0.1) is 0 Å². The molecule has 0 amide bonds. The molecule has 0 fully saturated rings. The maximum absolute atomic E-state index is 8.84. The lowest BCUT2D eigenvalue weighted by molar-refractivity contribution is 0.228. The van der Waals surface area contributed by atoms with Crippen molar-refractivity contribution in [2.24, 2.45) is 0 Å². The Kier molecular flexibility index (Phi) is 3.26. The van der Waals surface area contributed by atoms with E-state index in [0.717, 1.165) is 24.2 Å². The monoisotopic (exact) mass is 213 g/mol. The minimum absolute atomic E-state index is 0.168. The Balaban J connectivity index is 2.17. The van der Waals surface area contributed by atoms with Crippen LogP contribution in [0.1, 0.15) is 30.4 Å². The molecule has 0 spiro atoms. The second kappa shape index (κ2) is 4.85. The number of hydrogen-bond acceptors (Lipinski definition) is 2. The van der Waals surface area contributed by atoms with Gasteiger partial charge >= 0.3 is 0 Å². The van der Waals surface area contributed by atoms with E-state index in [4.69, 9.17) is 10.00 Å². The summed E-state index contributed by atoms with van der Waals surface area (Å²) in [5, 5.41) is 8.84. The van der Waals surface area contributed by atoms with E-state index in [1.54, 1.807) is 0 Å². The highest BCUT2D eigenvalue weighted by molar-refractivity contribution is 5.42. The summed E-state index contributed by atoms with van der Waals surface area (Å²) in [5.74, 6) is 0.829. The molecule has 0 aliphatic heterocycles. The summed E-state index contributed by atoms with van der Waals surface area (Å²) < 4.78 is 5.89. The molecule has 16 heavy (non-hydrogen) atoms. The van der Waals surface area contributed by atoms with Gasteiger partial charge in [0.2, 0.25) is 0 Å². The lowest BCUT2D eigenvalue weighted by atomic mass is 10.1. The zero-order valence-corrected chi connectivity index (χ0v) is 9.44. The van der Waals surface area contributed by atoms with Gasteiger partial charge in [-0.1, -0.05) is 12.1 Å². The van der Waals surface area contributed by atoms with Gasteiger partial charge in [-0.05, 0) is 50.0 Å². The molecule has 2 heteroatoms. The van der Waals surface area contributed by atoms with E-state index in [1.807, 2.05) is 25.1 Å². The van der Waals surface area contributed by atoms with Crippen LogP contribution in [0.5, 0.6) is 5.75 Å². The second-order valence-electron chi connectivity index (χ2n) is 4.11. The normalized spacial score (nSPS) is 19.1. The fourth-order valence-corrected chi connectivity index (χ4v) is 1.84. The molecule has 82 valence electrons. The smallest absolute Gasteiger partial charge is 0.124 e. The van der Waals surface area contributed by atoms with Crippen LogP contribution in [-0.4, -0.2) is 6.10 Å². The third-order valence-corrected chi connectivity index (χ3v) is 2.81. The zero-order valence-electron chi connectivity index (χ0n) is 9.44. The van der Waals surface area contributed by atoms with Crippen molar-refractivity contribution in [3.05, 3.63) is 41.5 Å². The first-order chi connectivity index (χ1) is 7.79. The average Bonchev–Trinajstić information content (AvgIpc) is 2.33. The molecule has 2 nitrogen and oxygen atoms in total. The lowest BCUT2D eigenvalue weighted by Crippen LogP contribution is -2.16. The molecule has 0 aromatic heterocycles. The summed E-state index contributed by atoms with van der Waals surface area (Å²) in [6, 6.07) is 7.70. The molecule has 0 bridgehead atoms. The summed E-state index contributed by atoms with van der Waals surface area (Å²) >= 11 is 0. The van der Waals surface area contributed by atoms with Gasteiger partial charge in [0.1, 0.15) is 11.9 Å². The molecule has 1 aliphatic rings. The highest BCUT2D eigenvalue weighted by Gasteiger charge is 2.11. The Morgan fingerprint density at radius 1 is 1.44 bits per heavy atom. The molecule has 2 rings (SSSR count). The van der Waals surface area contributed by atoms with Gasteiger partial charge in [-0.3, -0.25) is 0 Å². The molecular weight excluding hydrogens is 198 g/mol. The van der Waals surface area contributed by atoms with Crippen LogP contribution in [0.3, 0.4) is 0 Å². The number of aryl methyl sites for hydroxylation is 1. The molecule has 1 aliphatic carbocycles. The third kappa shape index (κ3) is 2.43. The van der Waals surface area contributed by atoms with Crippen LogP contribution in [0.25, 0.3) is 0 Å². The zero-order chi connectivity index (χ0) is 11.4. The number of nitriles is 1. The van der Waals surface area contributed by atoms with E-state index in [9.17, 15) is 0 Å². The van der Waals surface area contributed by atoms with E-state index in [2.05, 4.69) is 18.2 Å². The van der Waals surface area contributed by atoms with Gasteiger partial charge in [0.15, 0.2) is 0 Å². The van der Waals surface area contributed by atoms with Crippen molar-refractivity contribution < 1.29 is 4.74 Å². The largest absolute Gasteiger partial charge is 0.486 e. The predicted molar refractivity (Wildman–Crippen MR) is 63.3 cm³/mol. The van der Waals surface area contributed by atoms with Gasteiger partial charge in [0.25, 0.3) is 0 Å². The van der Waals surface area contributed by atoms with Gasteiger partial charge < -0.3 is 4.74 Å². The van der Waals surface area contributed by atoms with Crippen molar-refractivity contribution in [3.8, 4) is 11.8 Å². The van der Waals surface area contributed by atoms with Gasteiger partial charge in [0.05, 0.1) is 11.6 Å². The molecule has 0 heterocycles. The number of hydrogen-bond donors (Lipinski definition) is 0. The summed E-state index contributed by atoms with van der Waals surface area (Å²) in [4.78, 5) is 0. The van der Waals surface area contributed by atoms with Crippen molar-refractivity contribution in [2.45, 2.75) is 32.3 Å². The molecular formula is C14H15NO. The number of nitrogens with zero attached hydrogens (tertiary/aromatic N) is 1. The molecule has 0 saturated heterocycles. The molecule has 1 aromatic carbocycles. The molecule has 0 saturated carbocycles. The fraction of sp³-hybridized carbons (Fsp3) is 0.357. The van der Waals surface area contributed by atoms with Crippen molar-refractivity contribution in [1.29, 1.82) is 5.26 Å². The lowest BCUT2D eigenvalue weighted by Gasteiger charge is -2.19. The first-order valence-electron chi connectivity index (χ1n) is 5.63. The summed E-state index contributed by atoms with van der Waals surface area (Å²) in [6.45, 7) is 2.00. The second-order valence-corrected chi connectivity index (χ2v) is 4.11. The first-order valence-corrected chi connectivity index (χ1v) is 5.63. The molecule has 0 radical (unpaired) electrons. The van der Waals surface area contributed by atoms with Crippen LogP contribution in [0.4, 0.5) is 0 Å². The van der Waals surface area contributed by atoms with Crippen molar-refractivity contribution in [3.63, 3.8) is 0 Å². The van der Waals surface area contributed by atoms with Gasteiger partial charge in [-0.25, -0.2) is 0 Å². The molecule has 0 N–H and O–H groups in total. The van der Waals surface area contributed by atoms with E-state index in [1.165, 1.54) is 6.42 Å². The Morgan fingerprint density at radius 3 is 3.00 bits per heavy atom. The number of allylic oxidation sites excluding steroid dienone is 1. The van der Waals surface area contributed by atoms with Gasteiger partial charge in [-0.2, -0.15) is 5.26 Å². The summed E-state index contributed by atoms with van der Waals surface area (Å²) in [6.07, 6.45) is 7.84. The summed E-state index contributed by atoms with van der Waals surface area (Å²) in [7, 11) is 0. The minimum atomic E-state index is 0.168. The number of ether oxygens (including phenoxy) is 1. The maximum Gasteiger partial charge on any atom is 0.124 e. The van der Waals surface area contributed by atoms with Crippen molar-refractivity contribution in [2.75, 3.05) is 0 Å². The highest BCUT2D eigenvalue weighted by atomic mass is 16.5. The maximum atomic E-state index is 8.84. The molecule has 1 aromatic rings. The third-order valence-electron chi connectivity index (χ3n) is 2.81. The van der Waals surface area contributed by atoms with Gasteiger partial charge in [0, 0.05) is 0 Å². The average molecular weight is 213 g/mol. The predicted octanol–water partition coefficient (Wildman–Crippen LogP) is 3.35. The minimum Gasteiger partial charge on any atom is -0.486 e. The van der Waals surface area contributed by atoms with Crippen molar-refractivity contribution >= 4 is 0 Å². The standard InChI is InChI=1S/C14H15NO/c1-11-7-8-12(10-15)9-14(11)16-13-5-3-2-4-6-13/h3,5,7-9,13H,2,4,6H2,1H3. The Morgan fingerprint density at radius 2 is 2.31 bits per heavy atom. The van der Waals surface area contributed by atoms with Crippen LogP contribution in [0.15, 0.2) is 30.4 Å². The van der Waals surface area contributed by atoms with E-state index in [0.29, 0.717) is 5.56 Å². The Bertz CT molecular complexity index is 443. The Labute approximate surface area is 96.2 Å². The van der Waals surface area contributed by atoms with Crippen LogP contribution in [0.2, 0.25) is 0 Å². The summed E-state index contributed by atoms with van der Waals surface area (Å²) in [5.41, 5.74) is 1.73. The highest BCUT2D eigenvalue weighted by Crippen LogP contribution is 2.23. The Hall–Kier alpha value is -1.75. The number of rotatable bonds is 2. The molecule has 1 atom stereocenters. The van der Waals surface area contributed by atoms with Crippen molar-refractivity contribution in [1.82, 2.24) is 0 Å².